The van der Waals surface area contributed by atoms with Crippen molar-refractivity contribution in [3.63, 3.8) is 0 Å². The van der Waals surface area contributed by atoms with E-state index < -0.39 is 0 Å². The largest absolute Gasteiger partial charge is 0.352 e. The van der Waals surface area contributed by atoms with Crippen LogP contribution in [0, 0.1) is 5.41 Å². The predicted molar refractivity (Wildman–Crippen MR) is 29.3 cm³/mol. The van der Waals surface area contributed by atoms with Crippen molar-refractivity contribution in [3.8, 4) is 0 Å². The van der Waals surface area contributed by atoms with E-state index in [9.17, 15) is 0 Å². The van der Waals surface area contributed by atoms with E-state index in [1.54, 1.807) is 0 Å². The molecule has 0 bridgehead atoms. The Balaban J connectivity index is 2.35. The third-order valence-electron chi connectivity index (χ3n) is 0.904. The average Bonchev–Trinajstić information content (AvgIpc) is 2.12. The zero-order valence-electron chi connectivity index (χ0n) is 4.19. The van der Waals surface area contributed by atoms with Crippen molar-refractivity contribution in [2.24, 2.45) is 0 Å². The summed E-state index contributed by atoms with van der Waals surface area (Å²) in [7, 11) is 0. The van der Waals surface area contributed by atoms with Crippen molar-refractivity contribution in [3.05, 3.63) is 0 Å². The van der Waals surface area contributed by atoms with Gasteiger partial charge in [-0.2, -0.15) is 0 Å². The van der Waals surface area contributed by atoms with Gasteiger partial charge < -0.3 is 9.47 Å². The summed E-state index contributed by atoms with van der Waals surface area (Å²) in [5.74, 6) is 0. The molecule has 0 aromatic rings. The number of nitrogens with one attached hydrogen (secondary N) is 1. The quantitative estimate of drug-likeness (QED) is 0.535. The number of ether oxygens (including phenoxy) is 2. The lowest BCUT2D eigenvalue weighted by atomic mass is 10.4. The van der Waals surface area contributed by atoms with Crippen molar-refractivity contribution in [2.75, 3.05) is 13.4 Å². The molecule has 46 valence electrons. The second-order valence-corrected chi connectivity index (χ2v) is 1.90. The monoisotopic (exact) mass is 135 g/mol. The molecule has 1 aliphatic heterocycles. The SMILES string of the molecule is N=C(Cl)C1COCO1. The number of halogens is 1. The van der Waals surface area contributed by atoms with Crippen molar-refractivity contribution < 1.29 is 9.47 Å². The summed E-state index contributed by atoms with van der Waals surface area (Å²) in [6.45, 7) is 0.683. The van der Waals surface area contributed by atoms with Crippen molar-refractivity contribution in [2.45, 2.75) is 6.10 Å². The molecule has 0 saturated carbocycles. The summed E-state index contributed by atoms with van der Waals surface area (Å²) in [5.41, 5.74) is 0. The van der Waals surface area contributed by atoms with Gasteiger partial charge in [0.25, 0.3) is 0 Å². The van der Waals surface area contributed by atoms with Gasteiger partial charge in [0.1, 0.15) is 18.1 Å². The predicted octanol–water partition coefficient (Wildman–Crippen LogP) is 0.575. The van der Waals surface area contributed by atoms with Gasteiger partial charge in [0.15, 0.2) is 0 Å². The first-order chi connectivity index (χ1) is 3.80. The highest BCUT2D eigenvalue weighted by molar-refractivity contribution is 6.65. The van der Waals surface area contributed by atoms with Gasteiger partial charge in [-0.3, -0.25) is 5.41 Å². The second kappa shape index (κ2) is 2.44. The maximum absolute atomic E-state index is 6.85. The van der Waals surface area contributed by atoms with Crippen LogP contribution in [0.25, 0.3) is 0 Å². The molecule has 0 aromatic carbocycles. The third-order valence-corrected chi connectivity index (χ3v) is 1.15. The fraction of sp³-hybridized carbons (Fsp3) is 0.750. The van der Waals surface area contributed by atoms with Crippen molar-refractivity contribution in [1.82, 2.24) is 0 Å². The first-order valence-corrected chi connectivity index (χ1v) is 2.62. The summed E-state index contributed by atoms with van der Waals surface area (Å²) in [6, 6.07) is 0. The molecule has 1 unspecified atom stereocenters. The van der Waals surface area contributed by atoms with Crippen LogP contribution < -0.4 is 0 Å². The van der Waals surface area contributed by atoms with Crippen LogP contribution in [0.2, 0.25) is 0 Å². The highest BCUT2D eigenvalue weighted by atomic mass is 35.5. The Bertz CT molecular complexity index is 100. The first-order valence-electron chi connectivity index (χ1n) is 2.24. The Kier molecular flexibility index (Phi) is 1.83. The summed E-state index contributed by atoms with van der Waals surface area (Å²) in [6.07, 6.45) is -0.309. The molecule has 1 saturated heterocycles. The Labute approximate surface area is 52.0 Å². The molecule has 3 nitrogen and oxygen atoms in total. The van der Waals surface area contributed by atoms with Gasteiger partial charge in [-0.15, -0.1) is 0 Å². The van der Waals surface area contributed by atoms with Crippen LogP contribution in [0.1, 0.15) is 0 Å². The van der Waals surface area contributed by atoms with E-state index in [4.69, 9.17) is 26.5 Å². The molecule has 0 spiro atoms. The summed E-state index contributed by atoms with van der Waals surface area (Å²) < 4.78 is 9.61. The van der Waals surface area contributed by atoms with Gasteiger partial charge in [0, 0.05) is 0 Å². The molecule has 8 heavy (non-hydrogen) atoms. The van der Waals surface area contributed by atoms with Gasteiger partial charge in [0.05, 0.1) is 6.61 Å². The van der Waals surface area contributed by atoms with E-state index in [2.05, 4.69) is 0 Å². The van der Waals surface area contributed by atoms with Gasteiger partial charge in [-0.25, -0.2) is 0 Å². The zero-order valence-corrected chi connectivity index (χ0v) is 4.94. The lowest BCUT2D eigenvalue weighted by Crippen LogP contribution is -2.16. The molecule has 0 aliphatic carbocycles. The Morgan fingerprint density at radius 2 is 2.50 bits per heavy atom. The van der Waals surface area contributed by atoms with Crippen LogP contribution in [-0.2, 0) is 9.47 Å². The average molecular weight is 136 g/mol. The van der Waals surface area contributed by atoms with E-state index >= 15 is 0 Å². The standard InChI is InChI=1S/C4H6ClNO2/c5-4(6)3-1-7-2-8-3/h3,6H,1-2H2. The molecule has 1 rings (SSSR count). The highest BCUT2D eigenvalue weighted by Crippen LogP contribution is 2.05. The smallest absolute Gasteiger partial charge is 0.147 e. The maximum Gasteiger partial charge on any atom is 0.147 e. The Morgan fingerprint density at radius 3 is 2.75 bits per heavy atom. The normalized spacial score (nSPS) is 28.4. The van der Waals surface area contributed by atoms with E-state index in [0.717, 1.165) is 0 Å². The topological polar surface area (TPSA) is 42.3 Å². The fourth-order valence-electron chi connectivity index (χ4n) is 0.480. The molecule has 4 heteroatoms. The van der Waals surface area contributed by atoms with Gasteiger partial charge in [0.2, 0.25) is 0 Å². The Morgan fingerprint density at radius 1 is 1.75 bits per heavy atom. The molecular weight excluding hydrogens is 130 g/mol. The summed E-state index contributed by atoms with van der Waals surface area (Å²) in [4.78, 5) is 0. The van der Waals surface area contributed by atoms with Crippen LogP contribution in [0.4, 0.5) is 0 Å². The lowest BCUT2D eigenvalue weighted by molar-refractivity contribution is 0.0609. The maximum atomic E-state index is 6.85. The molecule has 1 N–H and O–H groups in total. The molecule has 1 aliphatic rings. The van der Waals surface area contributed by atoms with E-state index in [1.807, 2.05) is 0 Å². The van der Waals surface area contributed by atoms with Crippen LogP contribution in [0.15, 0.2) is 0 Å². The van der Waals surface area contributed by atoms with Crippen molar-refractivity contribution >= 4 is 16.8 Å². The van der Waals surface area contributed by atoms with Crippen LogP contribution in [0.3, 0.4) is 0 Å². The van der Waals surface area contributed by atoms with Gasteiger partial charge >= 0.3 is 0 Å². The zero-order chi connectivity index (χ0) is 5.98. The molecule has 1 heterocycles. The van der Waals surface area contributed by atoms with E-state index in [1.165, 1.54) is 0 Å². The molecule has 0 radical (unpaired) electrons. The molecule has 1 fully saturated rings. The summed E-state index contributed by atoms with van der Waals surface area (Å²) >= 11 is 5.26. The molecular formula is C4H6ClNO2. The highest BCUT2D eigenvalue weighted by Gasteiger charge is 2.18. The third kappa shape index (κ3) is 1.18. The Hall–Kier alpha value is -0.120. The van der Waals surface area contributed by atoms with Crippen molar-refractivity contribution in [1.29, 1.82) is 5.41 Å². The molecule has 0 aromatic heterocycles. The lowest BCUT2D eigenvalue weighted by Gasteiger charge is -1.98. The van der Waals surface area contributed by atoms with Crippen LogP contribution in [-0.4, -0.2) is 24.7 Å². The number of rotatable bonds is 1. The number of hydrogen-bond acceptors (Lipinski definition) is 3. The van der Waals surface area contributed by atoms with Gasteiger partial charge in [-0.1, -0.05) is 11.6 Å². The molecule has 0 amide bonds. The van der Waals surface area contributed by atoms with Crippen LogP contribution in [0.5, 0.6) is 0 Å². The second-order valence-electron chi connectivity index (χ2n) is 1.49. The van der Waals surface area contributed by atoms with Crippen LogP contribution >= 0.6 is 11.6 Å². The fourth-order valence-corrected chi connectivity index (χ4v) is 0.606. The minimum absolute atomic E-state index is 0.0162. The van der Waals surface area contributed by atoms with E-state index in [-0.39, 0.29) is 18.1 Å². The molecule has 1 atom stereocenters. The van der Waals surface area contributed by atoms with E-state index in [0.29, 0.717) is 6.61 Å². The summed E-state index contributed by atoms with van der Waals surface area (Å²) in [5, 5.41) is 6.87. The first kappa shape index (κ1) is 6.01. The number of hydrogen-bond donors (Lipinski definition) is 1. The minimum atomic E-state index is -0.309. The minimum Gasteiger partial charge on any atom is -0.352 e. The van der Waals surface area contributed by atoms with Gasteiger partial charge in [-0.05, 0) is 0 Å².